The SMILES string of the molecule is CC(C)(C)OC(=O)N1CCN(c2cc(OCCN3CCCC3)cc(-c3noc(C4(C)CCCc5sc(N)c(C#N)c54)n3)c2)CC1. The molecule has 11 nitrogen and oxygen atoms in total. The summed E-state index contributed by atoms with van der Waals surface area (Å²) in [5, 5.41) is 14.9. The molecule has 3 aliphatic rings. The van der Waals surface area contributed by atoms with Crippen molar-refractivity contribution in [2.45, 2.75) is 70.8 Å². The van der Waals surface area contributed by atoms with Crippen LogP contribution in [0, 0.1) is 11.3 Å². The number of nitriles is 1. The predicted molar refractivity (Wildman–Crippen MR) is 174 cm³/mol. The zero-order valence-electron chi connectivity index (χ0n) is 26.7. The van der Waals surface area contributed by atoms with Gasteiger partial charge in [0, 0.05) is 60.5 Å². The monoisotopic (exact) mass is 633 g/mol. The maximum Gasteiger partial charge on any atom is 0.410 e. The number of aromatic nitrogens is 2. The number of nitrogens with zero attached hydrogens (tertiary/aromatic N) is 6. The van der Waals surface area contributed by atoms with Gasteiger partial charge in [-0.1, -0.05) is 5.16 Å². The van der Waals surface area contributed by atoms with E-state index in [1.807, 2.05) is 26.8 Å². The number of ether oxygens (including phenoxy) is 2. The average Bonchev–Trinajstić information content (AvgIpc) is 3.77. The van der Waals surface area contributed by atoms with Crippen molar-refractivity contribution in [1.82, 2.24) is 19.9 Å². The van der Waals surface area contributed by atoms with Gasteiger partial charge in [-0.15, -0.1) is 11.3 Å². The van der Waals surface area contributed by atoms with Crippen LogP contribution < -0.4 is 15.4 Å². The maximum atomic E-state index is 12.7. The van der Waals surface area contributed by atoms with Gasteiger partial charge < -0.3 is 29.5 Å². The molecule has 1 aliphatic carbocycles. The summed E-state index contributed by atoms with van der Waals surface area (Å²) in [7, 11) is 0. The van der Waals surface area contributed by atoms with E-state index in [0.717, 1.165) is 66.3 Å². The Labute approximate surface area is 268 Å². The highest BCUT2D eigenvalue weighted by atomic mass is 32.1. The summed E-state index contributed by atoms with van der Waals surface area (Å²) >= 11 is 1.49. The standard InChI is InChI=1S/C33H43N7O4S/c1-32(2,3)43-31(41)40-14-12-39(13-15-40)23-18-22(19-24(20-23)42-17-16-38-10-5-6-11-38)29-36-30(44-37-29)33(4)9-7-8-26-27(33)25(21-34)28(35)45-26/h18-20H,5-17,35H2,1-4H3. The third-order valence-electron chi connectivity index (χ3n) is 8.97. The number of piperazine rings is 1. The highest BCUT2D eigenvalue weighted by molar-refractivity contribution is 7.16. The van der Waals surface area contributed by atoms with Crippen LogP contribution in [0.1, 0.15) is 75.3 Å². The van der Waals surface area contributed by atoms with Gasteiger partial charge in [0.25, 0.3) is 0 Å². The van der Waals surface area contributed by atoms with Crippen LogP contribution in [0.5, 0.6) is 5.75 Å². The summed E-state index contributed by atoms with van der Waals surface area (Å²) in [6.07, 6.45) is 4.83. The first-order valence-corrected chi connectivity index (χ1v) is 16.7. The van der Waals surface area contributed by atoms with Crippen molar-refractivity contribution in [3.8, 4) is 23.2 Å². The highest BCUT2D eigenvalue weighted by Gasteiger charge is 2.43. The van der Waals surface area contributed by atoms with Crippen LogP contribution in [0.4, 0.5) is 15.5 Å². The molecule has 12 heteroatoms. The zero-order valence-corrected chi connectivity index (χ0v) is 27.5. The van der Waals surface area contributed by atoms with Crippen LogP contribution in [0.2, 0.25) is 0 Å². The second-order valence-electron chi connectivity index (χ2n) is 13.4. The molecular weight excluding hydrogens is 590 g/mol. The molecule has 2 fully saturated rings. The molecule has 1 amide bonds. The summed E-state index contributed by atoms with van der Waals surface area (Å²) in [4.78, 5) is 25.2. The molecule has 3 aromatic rings. The Morgan fingerprint density at radius 3 is 2.60 bits per heavy atom. The average molecular weight is 634 g/mol. The highest BCUT2D eigenvalue weighted by Crippen LogP contribution is 2.48. The number of carbonyl (C=O) groups excluding carboxylic acids is 1. The van der Waals surface area contributed by atoms with Crippen molar-refractivity contribution >= 4 is 28.1 Å². The van der Waals surface area contributed by atoms with Gasteiger partial charge in [-0.3, -0.25) is 4.90 Å². The van der Waals surface area contributed by atoms with E-state index in [4.69, 9.17) is 24.7 Å². The lowest BCUT2D eigenvalue weighted by atomic mass is 9.72. The molecule has 1 aromatic carbocycles. The van der Waals surface area contributed by atoms with Crippen molar-refractivity contribution in [3.05, 3.63) is 40.1 Å². The largest absolute Gasteiger partial charge is 0.492 e. The van der Waals surface area contributed by atoms with E-state index in [9.17, 15) is 10.1 Å². The van der Waals surface area contributed by atoms with Gasteiger partial charge in [-0.25, -0.2) is 4.79 Å². The van der Waals surface area contributed by atoms with E-state index >= 15 is 0 Å². The topological polar surface area (TPSA) is 134 Å². The molecule has 2 N–H and O–H groups in total. The van der Waals surface area contributed by atoms with Crippen LogP contribution in [0.15, 0.2) is 22.7 Å². The van der Waals surface area contributed by atoms with Crippen LogP contribution in [-0.2, 0) is 16.6 Å². The molecular formula is C33H43N7O4S. The van der Waals surface area contributed by atoms with Crippen molar-refractivity contribution in [1.29, 1.82) is 5.26 Å². The van der Waals surface area contributed by atoms with Gasteiger partial charge in [0.15, 0.2) is 0 Å². The number of aryl methyl sites for hydroxylation is 1. The van der Waals surface area contributed by atoms with E-state index in [-0.39, 0.29) is 6.09 Å². The third-order valence-corrected chi connectivity index (χ3v) is 10.1. The predicted octanol–water partition coefficient (Wildman–Crippen LogP) is 5.43. The molecule has 2 aromatic heterocycles. The van der Waals surface area contributed by atoms with Crippen molar-refractivity contribution in [3.63, 3.8) is 0 Å². The van der Waals surface area contributed by atoms with E-state index < -0.39 is 11.0 Å². The first kappa shape index (κ1) is 31.2. The number of fused-ring (bicyclic) bond motifs is 1. The number of hydrogen-bond acceptors (Lipinski definition) is 11. The molecule has 45 heavy (non-hydrogen) atoms. The van der Waals surface area contributed by atoms with Crippen LogP contribution >= 0.6 is 11.3 Å². The quantitative estimate of drug-likeness (QED) is 0.359. The second-order valence-corrected chi connectivity index (χ2v) is 14.6. The Morgan fingerprint density at radius 1 is 1.13 bits per heavy atom. The number of thiophene rings is 1. The number of likely N-dealkylation sites (tertiary alicyclic amines) is 1. The number of amides is 1. The summed E-state index contributed by atoms with van der Waals surface area (Å²) in [6.45, 7) is 13.9. The van der Waals surface area contributed by atoms with Crippen LogP contribution in [0.3, 0.4) is 0 Å². The lowest BCUT2D eigenvalue weighted by Gasteiger charge is -2.37. The van der Waals surface area contributed by atoms with Gasteiger partial charge in [-0.2, -0.15) is 10.2 Å². The number of rotatable bonds is 7. The Kier molecular flexibility index (Phi) is 8.68. The normalized spacial score (nSPS) is 20.6. The van der Waals surface area contributed by atoms with E-state index in [0.29, 0.717) is 55.1 Å². The van der Waals surface area contributed by atoms with Gasteiger partial charge in [0.1, 0.15) is 29.0 Å². The first-order chi connectivity index (χ1) is 21.5. The number of carbonyl (C=O) groups is 1. The fourth-order valence-electron chi connectivity index (χ4n) is 6.63. The van der Waals surface area contributed by atoms with E-state index in [2.05, 4.69) is 40.1 Å². The van der Waals surface area contributed by atoms with Gasteiger partial charge in [0.2, 0.25) is 11.7 Å². The summed E-state index contributed by atoms with van der Waals surface area (Å²) in [5.74, 6) is 1.70. The number of nitrogen functional groups attached to an aromatic ring is 1. The minimum Gasteiger partial charge on any atom is -0.492 e. The Bertz CT molecular complexity index is 1570. The molecule has 0 saturated carbocycles. The number of hydrogen-bond donors (Lipinski definition) is 1. The maximum absolute atomic E-state index is 12.7. The molecule has 0 bridgehead atoms. The fourth-order valence-corrected chi connectivity index (χ4v) is 7.82. The molecule has 4 heterocycles. The van der Waals surface area contributed by atoms with Crippen LogP contribution in [-0.4, -0.2) is 84.1 Å². The zero-order chi connectivity index (χ0) is 31.8. The first-order valence-electron chi connectivity index (χ1n) is 15.9. The smallest absolute Gasteiger partial charge is 0.410 e. The Balaban J connectivity index is 1.26. The Morgan fingerprint density at radius 2 is 1.89 bits per heavy atom. The van der Waals surface area contributed by atoms with Crippen LogP contribution in [0.25, 0.3) is 11.4 Å². The molecule has 240 valence electrons. The van der Waals surface area contributed by atoms with Gasteiger partial charge in [-0.05, 0) is 85.0 Å². The third kappa shape index (κ3) is 6.60. The second kappa shape index (κ2) is 12.5. The summed E-state index contributed by atoms with van der Waals surface area (Å²) in [6, 6.07) is 8.40. The van der Waals surface area contributed by atoms with Crippen molar-refractivity contribution < 1.29 is 18.8 Å². The number of anilines is 2. The summed E-state index contributed by atoms with van der Waals surface area (Å²) in [5.41, 5.74) is 8.33. The molecule has 1 unspecified atom stereocenters. The minimum atomic E-state index is -0.595. The Hall–Kier alpha value is -3.82. The lowest BCUT2D eigenvalue weighted by molar-refractivity contribution is 0.0240. The molecule has 6 rings (SSSR count). The van der Waals surface area contributed by atoms with E-state index in [1.54, 1.807) is 4.90 Å². The van der Waals surface area contributed by atoms with Gasteiger partial charge in [0.05, 0.1) is 11.0 Å². The molecule has 0 spiro atoms. The number of nitrogens with two attached hydrogens (primary N) is 1. The minimum absolute atomic E-state index is 0.285. The number of benzene rings is 1. The lowest BCUT2D eigenvalue weighted by Crippen LogP contribution is -2.50. The summed E-state index contributed by atoms with van der Waals surface area (Å²) < 4.78 is 17.9. The van der Waals surface area contributed by atoms with Crippen molar-refractivity contribution in [2.24, 2.45) is 0 Å². The molecule has 2 aliphatic heterocycles. The molecule has 0 radical (unpaired) electrons. The fraction of sp³-hybridized carbons (Fsp3) is 0.576. The van der Waals surface area contributed by atoms with E-state index in [1.165, 1.54) is 24.2 Å². The van der Waals surface area contributed by atoms with Crippen molar-refractivity contribution in [2.75, 3.05) is 63.1 Å². The van der Waals surface area contributed by atoms with Gasteiger partial charge >= 0.3 is 6.09 Å². The molecule has 2 saturated heterocycles. The molecule has 1 atom stereocenters.